The van der Waals surface area contributed by atoms with Crippen LogP contribution in [0.1, 0.15) is 88.2 Å². The lowest BCUT2D eigenvalue weighted by atomic mass is 9.92. The maximum Gasteiger partial charge on any atom is 0.201 e. The van der Waals surface area contributed by atoms with E-state index in [2.05, 4.69) is 19.6 Å². The summed E-state index contributed by atoms with van der Waals surface area (Å²) >= 11 is 34.3. The average molecular weight is 557 g/mol. The summed E-state index contributed by atoms with van der Waals surface area (Å²) in [5.74, 6) is 0.684. The van der Waals surface area contributed by atoms with E-state index in [-0.39, 0.29) is 5.92 Å². The van der Waals surface area contributed by atoms with E-state index in [0.717, 1.165) is 16.9 Å². The Balaban J connectivity index is 0.000000347. The predicted molar refractivity (Wildman–Crippen MR) is 151 cm³/mol. The van der Waals surface area contributed by atoms with E-state index in [1.807, 2.05) is 24.3 Å². The molecule has 0 bridgehead atoms. The molecule has 6 heteroatoms. The van der Waals surface area contributed by atoms with Crippen LogP contribution in [0.2, 0.25) is 10.0 Å². The maximum atomic E-state index is 6.11. The van der Waals surface area contributed by atoms with E-state index >= 15 is 0 Å². The number of hydrogen-bond donors (Lipinski definition) is 1. The SMILES string of the molecule is CCCCCCCCCCCCS.Clc1ccc(C(c2ccc(Cl)cc2)C(Cl)(Cl)Cl)cc1. The molecule has 0 N–H and O–H groups in total. The first kappa shape index (κ1) is 30.3. The maximum absolute atomic E-state index is 6.11. The fourth-order valence-electron chi connectivity index (χ4n) is 3.48. The van der Waals surface area contributed by atoms with Gasteiger partial charge < -0.3 is 0 Å². The van der Waals surface area contributed by atoms with Crippen molar-refractivity contribution < 1.29 is 0 Å². The second kappa shape index (κ2) is 17.6. The molecule has 0 atom stereocenters. The Kier molecular flexibility index (Phi) is 16.7. The molecule has 2 rings (SSSR count). The quantitative estimate of drug-likeness (QED) is 0.150. The minimum Gasteiger partial charge on any atom is -0.179 e. The van der Waals surface area contributed by atoms with Crippen molar-refractivity contribution in [1.29, 1.82) is 0 Å². The van der Waals surface area contributed by atoms with Crippen molar-refractivity contribution in [3.8, 4) is 0 Å². The van der Waals surface area contributed by atoms with E-state index in [1.165, 1.54) is 64.2 Å². The molecule has 0 amide bonds. The standard InChI is InChI=1S/C14H9Cl5.C12H26S/c15-11-5-1-9(2-6-11)13(14(17,18)19)10-3-7-12(16)8-4-10;1-2-3-4-5-6-7-8-9-10-11-12-13/h1-8,13H;13H,2-12H2,1H3. The molecule has 180 valence electrons. The first-order valence-electron chi connectivity index (χ1n) is 11.5. The number of alkyl halides is 3. The van der Waals surface area contributed by atoms with E-state index < -0.39 is 3.79 Å². The Morgan fingerprint density at radius 1 is 0.625 bits per heavy atom. The minimum atomic E-state index is -1.46. The second-order valence-corrected chi connectivity index (χ2v) is 11.7. The van der Waals surface area contributed by atoms with Gasteiger partial charge in [-0.2, -0.15) is 12.6 Å². The third-order valence-corrected chi connectivity index (χ3v) is 6.72. The van der Waals surface area contributed by atoms with Crippen LogP contribution in [-0.4, -0.2) is 9.55 Å². The average Bonchev–Trinajstić information content (AvgIpc) is 2.75. The van der Waals surface area contributed by atoms with Crippen LogP contribution in [-0.2, 0) is 0 Å². The smallest absolute Gasteiger partial charge is 0.179 e. The first-order chi connectivity index (χ1) is 15.3. The van der Waals surface area contributed by atoms with Crippen LogP contribution in [0.4, 0.5) is 0 Å². The zero-order valence-electron chi connectivity index (χ0n) is 18.8. The van der Waals surface area contributed by atoms with Gasteiger partial charge in [0.25, 0.3) is 0 Å². The van der Waals surface area contributed by atoms with Crippen LogP contribution in [0.15, 0.2) is 48.5 Å². The van der Waals surface area contributed by atoms with Gasteiger partial charge in [-0.05, 0) is 47.6 Å². The second-order valence-electron chi connectivity index (χ2n) is 7.98. The van der Waals surface area contributed by atoms with E-state index in [0.29, 0.717) is 10.0 Å². The lowest BCUT2D eigenvalue weighted by molar-refractivity contribution is 0.563. The van der Waals surface area contributed by atoms with Gasteiger partial charge in [0.2, 0.25) is 3.79 Å². The summed E-state index contributed by atoms with van der Waals surface area (Å²) in [5.41, 5.74) is 1.76. The molecule has 0 aromatic heterocycles. The molecule has 0 unspecified atom stereocenters. The highest BCUT2D eigenvalue weighted by Gasteiger charge is 2.35. The van der Waals surface area contributed by atoms with Gasteiger partial charge in [0.1, 0.15) is 0 Å². The van der Waals surface area contributed by atoms with Gasteiger partial charge in [-0.15, -0.1) is 0 Å². The Morgan fingerprint density at radius 3 is 1.28 bits per heavy atom. The Bertz CT molecular complexity index is 655. The third-order valence-electron chi connectivity index (χ3n) is 5.25. The van der Waals surface area contributed by atoms with Crippen molar-refractivity contribution in [2.24, 2.45) is 0 Å². The Hall–Kier alpha value is 0.240. The molecule has 0 aliphatic carbocycles. The normalized spacial score (nSPS) is 11.4. The molecule has 2 aromatic rings. The molecule has 2 aromatic carbocycles. The summed E-state index contributed by atoms with van der Waals surface area (Å²) in [7, 11) is 0. The summed E-state index contributed by atoms with van der Waals surface area (Å²) in [6.45, 7) is 2.28. The highest BCUT2D eigenvalue weighted by atomic mass is 35.6. The monoisotopic (exact) mass is 554 g/mol. The number of benzene rings is 2. The molecular formula is C26H35Cl5S. The molecule has 0 saturated heterocycles. The van der Waals surface area contributed by atoms with Crippen LogP contribution in [0, 0.1) is 0 Å². The molecule has 32 heavy (non-hydrogen) atoms. The van der Waals surface area contributed by atoms with E-state index in [9.17, 15) is 0 Å². The summed E-state index contributed by atoms with van der Waals surface area (Å²) in [5, 5.41) is 1.28. The molecule has 0 spiro atoms. The van der Waals surface area contributed by atoms with Crippen LogP contribution in [0.3, 0.4) is 0 Å². The number of unbranched alkanes of at least 4 members (excludes halogenated alkanes) is 9. The predicted octanol–water partition coefficient (Wildman–Crippen LogP) is 11.3. The van der Waals surface area contributed by atoms with E-state index in [4.69, 9.17) is 58.0 Å². The van der Waals surface area contributed by atoms with Crippen LogP contribution < -0.4 is 0 Å². The molecular weight excluding hydrogens is 522 g/mol. The van der Waals surface area contributed by atoms with Crippen molar-refractivity contribution in [2.75, 3.05) is 5.75 Å². The fourth-order valence-corrected chi connectivity index (χ4v) is 4.71. The van der Waals surface area contributed by atoms with Gasteiger partial charge in [-0.1, -0.05) is 147 Å². The Morgan fingerprint density at radius 2 is 0.969 bits per heavy atom. The fraction of sp³-hybridized carbons (Fsp3) is 0.538. The minimum absolute atomic E-state index is 0.382. The lowest BCUT2D eigenvalue weighted by Gasteiger charge is -2.25. The number of halogens is 5. The largest absolute Gasteiger partial charge is 0.201 e. The summed E-state index contributed by atoms with van der Waals surface area (Å²) in [6, 6.07) is 14.5. The van der Waals surface area contributed by atoms with Gasteiger partial charge in [-0.25, -0.2) is 0 Å². The van der Waals surface area contributed by atoms with Gasteiger partial charge in [0.05, 0.1) is 5.92 Å². The molecule has 0 saturated carbocycles. The molecule has 0 radical (unpaired) electrons. The van der Waals surface area contributed by atoms with Gasteiger partial charge >= 0.3 is 0 Å². The van der Waals surface area contributed by atoms with Gasteiger partial charge in [-0.3, -0.25) is 0 Å². The molecule has 0 fully saturated rings. The molecule has 0 heterocycles. The Labute approximate surface area is 225 Å². The van der Waals surface area contributed by atoms with Gasteiger partial charge in [0, 0.05) is 10.0 Å². The van der Waals surface area contributed by atoms with Gasteiger partial charge in [0.15, 0.2) is 0 Å². The molecule has 0 nitrogen and oxygen atoms in total. The molecule has 0 aliphatic rings. The van der Waals surface area contributed by atoms with Crippen molar-refractivity contribution in [2.45, 2.75) is 80.8 Å². The number of rotatable bonds is 12. The van der Waals surface area contributed by atoms with Crippen molar-refractivity contribution in [1.82, 2.24) is 0 Å². The first-order valence-corrected chi connectivity index (χ1v) is 14.0. The lowest BCUT2D eigenvalue weighted by Crippen LogP contribution is -2.18. The van der Waals surface area contributed by atoms with Crippen LogP contribution >= 0.6 is 70.6 Å². The summed E-state index contributed by atoms with van der Waals surface area (Å²) in [6.07, 6.45) is 14.2. The van der Waals surface area contributed by atoms with Crippen molar-refractivity contribution in [3.05, 3.63) is 69.7 Å². The topological polar surface area (TPSA) is 0 Å². The molecule has 0 aliphatic heterocycles. The van der Waals surface area contributed by atoms with Crippen molar-refractivity contribution >= 4 is 70.6 Å². The zero-order chi connectivity index (χ0) is 23.8. The number of hydrogen-bond acceptors (Lipinski definition) is 1. The summed E-state index contributed by atoms with van der Waals surface area (Å²) in [4.78, 5) is 0. The summed E-state index contributed by atoms with van der Waals surface area (Å²) < 4.78 is -1.46. The highest BCUT2D eigenvalue weighted by molar-refractivity contribution is 7.80. The third kappa shape index (κ3) is 13.2. The van der Waals surface area contributed by atoms with E-state index in [1.54, 1.807) is 24.3 Å². The zero-order valence-corrected chi connectivity index (χ0v) is 23.5. The van der Waals surface area contributed by atoms with Crippen molar-refractivity contribution in [3.63, 3.8) is 0 Å². The number of thiol groups is 1. The van der Waals surface area contributed by atoms with Crippen LogP contribution in [0.5, 0.6) is 0 Å². The van der Waals surface area contributed by atoms with Crippen LogP contribution in [0.25, 0.3) is 0 Å². The highest BCUT2D eigenvalue weighted by Crippen LogP contribution is 2.45.